The molecule has 0 saturated heterocycles. The van der Waals surface area contributed by atoms with E-state index in [1.54, 1.807) is 0 Å². The van der Waals surface area contributed by atoms with Crippen molar-refractivity contribution in [1.82, 2.24) is 4.65 Å². The molecule has 0 unspecified atom stereocenters. The van der Waals surface area contributed by atoms with Gasteiger partial charge in [-0.25, -0.2) is 0 Å². The fraction of sp³-hybridized carbons (Fsp3) is 0.833. The molecule has 0 rings (SSSR count). The topological polar surface area (TPSA) is 12.0 Å². The molecule has 0 spiro atoms. The van der Waals surface area contributed by atoms with E-state index in [0.29, 0.717) is 0 Å². The predicted molar refractivity (Wildman–Crippen MR) is 49.3 cm³/mol. The van der Waals surface area contributed by atoms with Crippen LogP contribution in [-0.2, 0) is 0 Å². The molecule has 0 atom stereocenters. The van der Waals surface area contributed by atoms with Gasteiger partial charge >= 0.3 is 18.9 Å². The van der Waals surface area contributed by atoms with Gasteiger partial charge in [-0.3, -0.25) is 0 Å². The van der Waals surface area contributed by atoms with Crippen molar-refractivity contribution in [3.05, 3.63) is 6.55 Å². The number of nitrogens with one attached hydrogen (secondary N) is 1. The molecular weight excluding hydrogens is 149 g/mol. The zero-order valence-electron chi connectivity index (χ0n) is 8.21. The standard InChI is InChI=1S/C6H18NSi2.Li/c1-8(2,3)7-9(4,5)6;/h7H,1H2,2-6H3;/q-1;+1. The van der Waals surface area contributed by atoms with Gasteiger partial charge in [0.1, 0.15) is 8.24 Å². The van der Waals surface area contributed by atoms with Crippen LogP contribution in [0, 0.1) is 6.55 Å². The summed E-state index contributed by atoms with van der Waals surface area (Å²) in [7, 11) is -2.27. The molecule has 0 aromatic rings. The molecule has 56 valence electrons. The third-order valence-corrected chi connectivity index (χ3v) is 6.42. The van der Waals surface area contributed by atoms with Gasteiger partial charge in [0, 0.05) is 0 Å². The first-order valence-electron chi connectivity index (χ1n) is 3.35. The second-order valence-corrected chi connectivity index (χ2v) is 13.5. The van der Waals surface area contributed by atoms with Gasteiger partial charge in [0.25, 0.3) is 0 Å². The molecule has 0 aliphatic rings. The largest absolute Gasteiger partial charge is 1.00 e. The average molecular weight is 167 g/mol. The van der Waals surface area contributed by atoms with Crippen molar-refractivity contribution < 1.29 is 18.9 Å². The third-order valence-electron chi connectivity index (χ3n) is 0.713. The Kier molecular flexibility index (Phi) is 5.60. The summed E-state index contributed by atoms with van der Waals surface area (Å²) in [6.45, 7) is 15.5. The van der Waals surface area contributed by atoms with Crippen LogP contribution in [0.15, 0.2) is 0 Å². The van der Waals surface area contributed by atoms with Crippen LogP contribution in [0.5, 0.6) is 0 Å². The summed E-state index contributed by atoms with van der Waals surface area (Å²) in [5.41, 5.74) is 0. The van der Waals surface area contributed by atoms with Gasteiger partial charge in [-0.1, -0.05) is 32.7 Å². The van der Waals surface area contributed by atoms with Crippen molar-refractivity contribution in [3.8, 4) is 0 Å². The van der Waals surface area contributed by atoms with E-state index in [2.05, 4.69) is 43.9 Å². The van der Waals surface area contributed by atoms with Crippen LogP contribution in [0.25, 0.3) is 0 Å². The third kappa shape index (κ3) is 11.7. The normalized spacial score (nSPS) is 12.6. The van der Waals surface area contributed by atoms with Gasteiger partial charge < -0.3 is 11.2 Å². The van der Waals surface area contributed by atoms with Gasteiger partial charge in [0.05, 0.1) is 0 Å². The van der Waals surface area contributed by atoms with E-state index in [9.17, 15) is 0 Å². The van der Waals surface area contributed by atoms with Crippen LogP contribution >= 0.6 is 0 Å². The Labute approximate surface area is 79.3 Å². The van der Waals surface area contributed by atoms with Crippen molar-refractivity contribution >= 4 is 16.5 Å². The van der Waals surface area contributed by atoms with E-state index < -0.39 is 16.5 Å². The molecule has 10 heavy (non-hydrogen) atoms. The first-order chi connectivity index (χ1) is 3.71. The molecule has 0 aliphatic carbocycles. The molecule has 0 amide bonds. The summed E-state index contributed by atoms with van der Waals surface area (Å²) in [4.78, 5) is 0. The van der Waals surface area contributed by atoms with E-state index in [1.807, 2.05) is 0 Å². The fourth-order valence-corrected chi connectivity index (χ4v) is 9.14. The molecule has 0 saturated carbocycles. The SMILES string of the molecule is [CH2-][Si](C)(C)N[Si](C)(C)C.[Li+]. The van der Waals surface area contributed by atoms with Crippen LogP contribution in [0.3, 0.4) is 0 Å². The first-order valence-corrected chi connectivity index (χ1v) is 10.1. The predicted octanol–water partition coefficient (Wildman–Crippen LogP) is -1.01. The Bertz CT molecular complexity index is 80.9. The maximum Gasteiger partial charge on any atom is 1.00 e. The minimum absolute atomic E-state index is 0. The summed E-state index contributed by atoms with van der Waals surface area (Å²) in [5, 5.41) is 0. The number of rotatable bonds is 2. The molecule has 0 heterocycles. The quantitative estimate of drug-likeness (QED) is 0.411. The van der Waals surface area contributed by atoms with Crippen LogP contribution in [0.2, 0.25) is 32.7 Å². The van der Waals surface area contributed by atoms with Gasteiger partial charge in [-0.15, -0.1) is 0 Å². The Morgan fingerprint density at radius 1 is 1.00 bits per heavy atom. The van der Waals surface area contributed by atoms with E-state index in [4.69, 9.17) is 0 Å². The zero-order valence-corrected chi connectivity index (χ0v) is 10.2. The number of hydrogen-bond acceptors (Lipinski definition) is 1. The van der Waals surface area contributed by atoms with E-state index in [1.165, 1.54) is 0 Å². The summed E-state index contributed by atoms with van der Waals surface area (Å²) in [5.74, 6) is 0. The average Bonchev–Trinajstić information content (AvgIpc) is 1.14. The van der Waals surface area contributed by atoms with Gasteiger partial charge in [-0.2, -0.15) is 0 Å². The smallest absolute Gasteiger partial charge is 0.384 e. The van der Waals surface area contributed by atoms with Crippen molar-refractivity contribution in [1.29, 1.82) is 0 Å². The Morgan fingerprint density at radius 2 is 1.30 bits per heavy atom. The van der Waals surface area contributed by atoms with Crippen LogP contribution in [-0.4, -0.2) is 16.5 Å². The molecule has 0 bridgehead atoms. The van der Waals surface area contributed by atoms with Crippen molar-refractivity contribution in [2.24, 2.45) is 0 Å². The summed E-state index contributed by atoms with van der Waals surface area (Å²) in [6, 6.07) is 0. The van der Waals surface area contributed by atoms with E-state index in [0.717, 1.165) is 0 Å². The summed E-state index contributed by atoms with van der Waals surface area (Å²) < 4.78 is 3.62. The monoisotopic (exact) mass is 167 g/mol. The van der Waals surface area contributed by atoms with Gasteiger partial charge in [-0.05, 0) is 8.24 Å². The van der Waals surface area contributed by atoms with Crippen LogP contribution in [0.1, 0.15) is 0 Å². The zero-order chi connectivity index (χ0) is 7.71. The minimum Gasteiger partial charge on any atom is -0.384 e. The van der Waals surface area contributed by atoms with Crippen molar-refractivity contribution in [3.63, 3.8) is 0 Å². The maximum absolute atomic E-state index is 4.12. The summed E-state index contributed by atoms with van der Waals surface area (Å²) in [6.07, 6.45) is 0. The molecule has 1 nitrogen and oxygen atoms in total. The molecule has 0 aromatic carbocycles. The summed E-state index contributed by atoms with van der Waals surface area (Å²) >= 11 is 0. The second-order valence-electron chi connectivity index (χ2n) is 4.26. The van der Waals surface area contributed by atoms with Crippen molar-refractivity contribution in [2.45, 2.75) is 32.7 Å². The number of hydrogen-bond donors (Lipinski definition) is 1. The molecule has 0 radical (unpaired) electrons. The van der Waals surface area contributed by atoms with Crippen molar-refractivity contribution in [2.75, 3.05) is 0 Å². The van der Waals surface area contributed by atoms with Crippen LogP contribution in [0.4, 0.5) is 0 Å². The molecular formula is C6H18LiNSi2. The fourth-order valence-electron chi connectivity index (χ4n) is 1.02. The Hall–Kier alpha value is 0.991. The van der Waals surface area contributed by atoms with E-state index >= 15 is 0 Å². The Morgan fingerprint density at radius 3 is 1.30 bits per heavy atom. The second kappa shape index (κ2) is 4.13. The molecule has 0 aliphatic heterocycles. The molecule has 0 fully saturated rings. The molecule has 4 heteroatoms. The van der Waals surface area contributed by atoms with Gasteiger partial charge in [0.15, 0.2) is 0 Å². The Balaban J connectivity index is 0. The minimum atomic E-state index is -1.23. The first kappa shape index (κ1) is 13.6. The van der Waals surface area contributed by atoms with E-state index in [-0.39, 0.29) is 18.9 Å². The maximum atomic E-state index is 4.12. The van der Waals surface area contributed by atoms with Crippen LogP contribution < -0.4 is 23.5 Å². The molecule has 1 N–H and O–H groups in total. The molecule has 0 aromatic heterocycles. The van der Waals surface area contributed by atoms with Gasteiger partial charge in [0.2, 0.25) is 0 Å².